The maximum absolute atomic E-state index is 10.4. The molecule has 0 atom stereocenters. The molecule has 3 heteroatoms. The van der Waals surface area contributed by atoms with Crippen LogP contribution in [0.4, 0.5) is 0 Å². The van der Waals surface area contributed by atoms with Crippen molar-refractivity contribution in [1.29, 1.82) is 0 Å². The fraction of sp³-hybridized carbons (Fsp3) is 0.308. The first-order valence-corrected chi connectivity index (χ1v) is 5.03. The normalized spacial score (nSPS) is 11.1. The fourth-order valence-electron chi connectivity index (χ4n) is 1.50. The molecule has 0 N–H and O–H groups in total. The van der Waals surface area contributed by atoms with Crippen molar-refractivity contribution in [3.05, 3.63) is 35.4 Å². The van der Waals surface area contributed by atoms with Crippen LogP contribution in [0.15, 0.2) is 29.8 Å². The Morgan fingerprint density at radius 1 is 1.31 bits per heavy atom. The number of rotatable bonds is 5. The van der Waals surface area contributed by atoms with E-state index in [1.54, 1.807) is 20.3 Å². The first-order valence-electron chi connectivity index (χ1n) is 5.03. The molecule has 0 bridgehead atoms. The van der Waals surface area contributed by atoms with Crippen LogP contribution in [0.1, 0.15) is 12.5 Å². The average Bonchev–Trinajstić information content (AvgIpc) is 2.29. The summed E-state index contributed by atoms with van der Waals surface area (Å²) in [6, 6.07) is 5.63. The summed E-state index contributed by atoms with van der Waals surface area (Å²) in [7, 11) is 3.25. The minimum atomic E-state index is 0.680. The highest BCUT2D eigenvalue weighted by atomic mass is 16.5. The standard InChI is InChI=1S/C13H16O3/c1-10(6-7-14)8-11-9-12(15-2)4-5-13(11)16-3/h4-7,9H,8H2,1-3H3/b10-6+. The zero-order chi connectivity index (χ0) is 12.0. The summed E-state index contributed by atoms with van der Waals surface area (Å²) in [5, 5.41) is 0. The van der Waals surface area contributed by atoms with Gasteiger partial charge in [-0.25, -0.2) is 0 Å². The van der Waals surface area contributed by atoms with Crippen molar-refractivity contribution in [3.8, 4) is 11.5 Å². The van der Waals surface area contributed by atoms with E-state index in [2.05, 4.69) is 0 Å². The molecular weight excluding hydrogens is 204 g/mol. The molecule has 0 unspecified atom stereocenters. The molecule has 86 valence electrons. The van der Waals surface area contributed by atoms with Crippen molar-refractivity contribution in [2.24, 2.45) is 0 Å². The SMILES string of the molecule is COc1ccc(OC)c(C/C(C)=C/C=O)c1. The van der Waals surface area contributed by atoms with Gasteiger partial charge in [0.2, 0.25) is 0 Å². The van der Waals surface area contributed by atoms with Crippen LogP contribution in [0.5, 0.6) is 11.5 Å². The lowest BCUT2D eigenvalue weighted by Crippen LogP contribution is -1.95. The third-order valence-electron chi connectivity index (χ3n) is 2.31. The molecule has 1 aromatic rings. The molecule has 0 saturated carbocycles. The Bertz CT molecular complexity index is 394. The quantitative estimate of drug-likeness (QED) is 0.564. The molecule has 0 amide bonds. The van der Waals surface area contributed by atoms with E-state index in [1.165, 1.54) is 0 Å². The van der Waals surface area contributed by atoms with Crippen LogP contribution < -0.4 is 9.47 Å². The summed E-state index contributed by atoms with van der Waals surface area (Å²) in [6.07, 6.45) is 3.03. The second-order valence-corrected chi connectivity index (χ2v) is 3.50. The summed E-state index contributed by atoms with van der Waals surface area (Å²) < 4.78 is 10.4. The van der Waals surface area contributed by atoms with E-state index in [9.17, 15) is 4.79 Å². The topological polar surface area (TPSA) is 35.5 Å². The van der Waals surface area contributed by atoms with Crippen molar-refractivity contribution in [2.75, 3.05) is 14.2 Å². The first-order chi connectivity index (χ1) is 7.71. The van der Waals surface area contributed by atoms with E-state index in [4.69, 9.17) is 9.47 Å². The molecule has 0 radical (unpaired) electrons. The zero-order valence-electron chi connectivity index (χ0n) is 9.82. The minimum absolute atomic E-state index is 0.680. The van der Waals surface area contributed by atoms with Gasteiger partial charge < -0.3 is 9.47 Å². The Kier molecular flexibility index (Phi) is 4.58. The Morgan fingerprint density at radius 2 is 2.06 bits per heavy atom. The van der Waals surface area contributed by atoms with Gasteiger partial charge in [0.05, 0.1) is 14.2 Å². The van der Waals surface area contributed by atoms with Gasteiger partial charge in [-0.2, -0.15) is 0 Å². The smallest absolute Gasteiger partial charge is 0.142 e. The molecular formula is C13H16O3. The van der Waals surface area contributed by atoms with Gasteiger partial charge in [0.15, 0.2) is 0 Å². The number of hydrogen-bond donors (Lipinski definition) is 0. The highest BCUT2D eigenvalue weighted by molar-refractivity contribution is 5.66. The van der Waals surface area contributed by atoms with Gasteiger partial charge in [0.25, 0.3) is 0 Å². The van der Waals surface area contributed by atoms with E-state index < -0.39 is 0 Å². The monoisotopic (exact) mass is 220 g/mol. The van der Waals surface area contributed by atoms with E-state index in [1.807, 2.05) is 25.1 Å². The summed E-state index contributed by atoms with van der Waals surface area (Å²) in [6.45, 7) is 1.91. The Hall–Kier alpha value is -1.77. The van der Waals surface area contributed by atoms with Gasteiger partial charge >= 0.3 is 0 Å². The first kappa shape index (κ1) is 12.3. The van der Waals surface area contributed by atoms with Crippen LogP contribution in [0.2, 0.25) is 0 Å². The summed E-state index contributed by atoms with van der Waals surface area (Å²) in [4.78, 5) is 10.4. The number of benzene rings is 1. The van der Waals surface area contributed by atoms with Crippen molar-refractivity contribution < 1.29 is 14.3 Å². The van der Waals surface area contributed by atoms with Crippen LogP contribution in [-0.4, -0.2) is 20.5 Å². The zero-order valence-corrected chi connectivity index (χ0v) is 9.82. The number of ether oxygens (including phenoxy) is 2. The van der Waals surface area contributed by atoms with Crippen LogP contribution >= 0.6 is 0 Å². The van der Waals surface area contributed by atoms with Crippen LogP contribution in [0.25, 0.3) is 0 Å². The summed E-state index contributed by atoms with van der Waals surface area (Å²) in [5.74, 6) is 1.59. The molecule has 0 spiro atoms. The minimum Gasteiger partial charge on any atom is -0.497 e. The van der Waals surface area contributed by atoms with Crippen LogP contribution in [0, 0.1) is 0 Å². The highest BCUT2D eigenvalue weighted by Gasteiger charge is 2.05. The number of allylic oxidation sites excluding steroid dienone is 2. The van der Waals surface area contributed by atoms with E-state index in [0.717, 1.165) is 28.9 Å². The Morgan fingerprint density at radius 3 is 2.62 bits per heavy atom. The number of methoxy groups -OCH3 is 2. The average molecular weight is 220 g/mol. The summed E-state index contributed by atoms with van der Waals surface area (Å²) in [5.41, 5.74) is 2.00. The fourth-order valence-corrected chi connectivity index (χ4v) is 1.50. The van der Waals surface area contributed by atoms with Crippen LogP contribution in [0.3, 0.4) is 0 Å². The number of hydrogen-bond acceptors (Lipinski definition) is 3. The van der Waals surface area contributed by atoms with Gasteiger partial charge in [0, 0.05) is 5.56 Å². The maximum Gasteiger partial charge on any atom is 0.142 e. The molecule has 1 aromatic carbocycles. The molecule has 3 nitrogen and oxygen atoms in total. The van der Waals surface area contributed by atoms with Gasteiger partial charge in [-0.3, -0.25) is 4.79 Å². The van der Waals surface area contributed by atoms with Crippen molar-refractivity contribution in [3.63, 3.8) is 0 Å². The van der Waals surface area contributed by atoms with E-state index in [0.29, 0.717) is 6.42 Å². The van der Waals surface area contributed by atoms with Gasteiger partial charge in [-0.15, -0.1) is 0 Å². The van der Waals surface area contributed by atoms with Gasteiger partial charge in [0.1, 0.15) is 17.8 Å². The maximum atomic E-state index is 10.4. The predicted octanol–water partition coefficient (Wildman–Crippen LogP) is 2.39. The molecule has 0 aromatic heterocycles. The Labute approximate surface area is 95.7 Å². The molecule has 0 aliphatic rings. The number of carbonyl (C=O) groups excluding carboxylic acids is 1. The van der Waals surface area contributed by atoms with Gasteiger partial charge in [-0.1, -0.05) is 5.57 Å². The molecule has 16 heavy (non-hydrogen) atoms. The highest BCUT2D eigenvalue weighted by Crippen LogP contribution is 2.25. The van der Waals surface area contributed by atoms with Crippen molar-refractivity contribution in [2.45, 2.75) is 13.3 Å². The van der Waals surface area contributed by atoms with E-state index >= 15 is 0 Å². The molecule has 0 aliphatic heterocycles. The summed E-state index contributed by atoms with van der Waals surface area (Å²) >= 11 is 0. The molecule has 1 rings (SSSR count). The lowest BCUT2D eigenvalue weighted by Gasteiger charge is -2.10. The number of carbonyl (C=O) groups is 1. The van der Waals surface area contributed by atoms with Crippen molar-refractivity contribution in [1.82, 2.24) is 0 Å². The lowest BCUT2D eigenvalue weighted by molar-refractivity contribution is -0.104. The second-order valence-electron chi connectivity index (χ2n) is 3.50. The van der Waals surface area contributed by atoms with Crippen LogP contribution in [-0.2, 0) is 11.2 Å². The number of aldehydes is 1. The molecule has 0 saturated heterocycles. The lowest BCUT2D eigenvalue weighted by atomic mass is 10.0. The van der Waals surface area contributed by atoms with Gasteiger partial charge in [-0.05, 0) is 37.6 Å². The molecule has 0 heterocycles. The van der Waals surface area contributed by atoms with E-state index in [-0.39, 0.29) is 0 Å². The largest absolute Gasteiger partial charge is 0.497 e. The predicted molar refractivity (Wildman–Crippen MR) is 63.1 cm³/mol. The third-order valence-corrected chi connectivity index (χ3v) is 2.31. The third kappa shape index (κ3) is 3.12. The Balaban J connectivity index is 2.99. The molecule has 0 aliphatic carbocycles. The van der Waals surface area contributed by atoms with Crippen molar-refractivity contribution >= 4 is 6.29 Å². The second kappa shape index (κ2) is 5.95. The molecule has 0 fully saturated rings.